The molecule has 0 radical (unpaired) electrons. The van der Waals surface area contributed by atoms with Gasteiger partial charge < -0.3 is 9.88 Å². The summed E-state index contributed by atoms with van der Waals surface area (Å²) in [6.07, 6.45) is 5.11. The Bertz CT molecular complexity index is 897. The maximum atomic E-state index is 12.5. The zero-order valence-electron chi connectivity index (χ0n) is 12.3. The zero-order chi connectivity index (χ0) is 15.7. The highest BCUT2D eigenvalue weighted by molar-refractivity contribution is 7.19. The predicted molar refractivity (Wildman–Crippen MR) is 87.2 cm³/mol. The molecule has 1 N–H and O–H groups in total. The monoisotopic (exact) mass is 313 g/mol. The third-order valence-electron chi connectivity index (χ3n) is 3.50. The van der Waals surface area contributed by atoms with Crippen LogP contribution in [-0.2, 0) is 13.6 Å². The number of carbonyl (C=O) groups is 1. The molecule has 0 saturated carbocycles. The van der Waals surface area contributed by atoms with E-state index in [0.29, 0.717) is 17.5 Å². The number of pyridine rings is 2. The van der Waals surface area contributed by atoms with Gasteiger partial charge in [0.15, 0.2) is 0 Å². The van der Waals surface area contributed by atoms with E-state index >= 15 is 0 Å². The number of hydrogen-bond donors (Lipinski definition) is 1. The Hall–Kier alpha value is -2.47. The molecule has 3 rings (SSSR count). The summed E-state index contributed by atoms with van der Waals surface area (Å²) in [6, 6.07) is 5.58. The topological polar surface area (TPSA) is 64.0 Å². The molecule has 3 heterocycles. The Morgan fingerprint density at radius 2 is 2.23 bits per heavy atom. The van der Waals surface area contributed by atoms with E-state index < -0.39 is 0 Å². The number of rotatable bonds is 3. The average Bonchev–Trinajstić information content (AvgIpc) is 2.87. The maximum Gasteiger partial charge on any atom is 0.259 e. The third kappa shape index (κ3) is 2.53. The molecule has 0 aromatic carbocycles. The molecule has 0 unspecified atom stereocenters. The number of carbonyl (C=O) groups excluding carboxylic acids is 1. The molecule has 3 aromatic heterocycles. The van der Waals surface area contributed by atoms with E-state index in [4.69, 9.17) is 0 Å². The number of thiophene rings is 1. The average molecular weight is 313 g/mol. The van der Waals surface area contributed by atoms with Crippen LogP contribution in [0.5, 0.6) is 0 Å². The molecule has 0 aliphatic rings. The van der Waals surface area contributed by atoms with Gasteiger partial charge in [0.25, 0.3) is 11.5 Å². The van der Waals surface area contributed by atoms with E-state index in [9.17, 15) is 9.59 Å². The number of nitrogens with one attached hydrogen (secondary N) is 1. The Morgan fingerprint density at radius 3 is 2.95 bits per heavy atom. The van der Waals surface area contributed by atoms with Crippen LogP contribution in [0, 0.1) is 6.92 Å². The lowest BCUT2D eigenvalue weighted by Crippen LogP contribution is -2.25. The first kappa shape index (κ1) is 14.5. The summed E-state index contributed by atoms with van der Waals surface area (Å²) in [4.78, 5) is 29.7. The van der Waals surface area contributed by atoms with Crippen molar-refractivity contribution in [3.8, 4) is 0 Å². The molecule has 5 nitrogen and oxygen atoms in total. The van der Waals surface area contributed by atoms with Crippen molar-refractivity contribution in [3.05, 3.63) is 63.1 Å². The number of amides is 1. The summed E-state index contributed by atoms with van der Waals surface area (Å²) in [5, 5.41) is 3.36. The quantitative estimate of drug-likeness (QED) is 0.806. The third-order valence-corrected chi connectivity index (χ3v) is 4.57. The van der Waals surface area contributed by atoms with Gasteiger partial charge in [0.05, 0.1) is 10.9 Å². The summed E-state index contributed by atoms with van der Waals surface area (Å²) in [7, 11) is 1.69. The zero-order valence-corrected chi connectivity index (χ0v) is 13.1. The van der Waals surface area contributed by atoms with Gasteiger partial charge in [-0.2, -0.15) is 0 Å². The highest BCUT2D eigenvalue weighted by Crippen LogP contribution is 2.28. The summed E-state index contributed by atoms with van der Waals surface area (Å²) in [5.41, 5.74) is 1.25. The first-order valence-corrected chi connectivity index (χ1v) is 7.65. The highest BCUT2D eigenvalue weighted by Gasteiger charge is 2.19. The summed E-state index contributed by atoms with van der Waals surface area (Å²) in [6.45, 7) is 2.25. The molecule has 0 fully saturated rings. The maximum absolute atomic E-state index is 12.5. The van der Waals surface area contributed by atoms with Crippen molar-refractivity contribution in [2.45, 2.75) is 13.5 Å². The largest absolute Gasteiger partial charge is 0.348 e. The van der Waals surface area contributed by atoms with Gasteiger partial charge in [0.1, 0.15) is 0 Å². The van der Waals surface area contributed by atoms with Crippen LogP contribution in [-0.4, -0.2) is 15.5 Å². The fourth-order valence-corrected chi connectivity index (χ4v) is 3.41. The first-order chi connectivity index (χ1) is 10.6. The number of hydrogen-bond acceptors (Lipinski definition) is 4. The lowest BCUT2D eigenvalue weighted by atomic mass is 10.1. The van der Waals surface area contributed by atoms with Crippen molar-refractivity contribution in [3.63, 3.8) is 0 Å². The number of fused-ring (bicyclic) bond motifs is 1. The van der Waals surface area contributed by atoms with Gasteiger partial charge in [-0.1, -0.05) is 6.07 Å². The smallest absolute Gasteiger partial charge is 0.259 e. The van der Waals surface area contributed by atoms with Crippen molar-refractivity contribution in [1.82, 2.24) is 14.9 Å². The van der Waals surface area contributed by atoms with Crippen LogP contribution in [0.3, 0.4) is 0 Å². The van der Waals surface area contributed by atoms with Crippen LogP contribution >= 0.6 is 11.3 Å². The van der Waals surface area contributed by atoms with E-state index in [0.717, 1.165) is 15.1 Å². The van der Waals surface area contributed by atoms with Gasteiger partial charge in [-0.05, 0) is 24.6 Å². The second-order valence-corrected chi connectivity index (χ2v) is 6.30. The van der Waals surface area contributed by atoms with E-state index in [1.807, 2.05) is 25.1 Å². The van der Waals surface area contributed by atoms with E-state index in [1.54, 1.807) is 25.6 Å². The normalized spacial score (nSPS) is 10.8. The molecule has 0 aliphatic heterocycles. The van der Waals surface area contributed by atoms with Gasteiger partial charge in [0, 0.05) is 41.8 Å². The van der Waals surface area contributed by atoms with Crippen LogP contribution in [0.25, 0.3) is 10.1 Å². The van der Waals surface area contributed by atoms with Gasteiger partial charge in [0.2, 0.25) is 0 Å². The van der Waals surface area contributed by atoms with E-state index in [2.05, 4.69) is 10.3 Å². The molecular weight excluding hydrogens is 298 g/mol. The van der Waals surface area contributed by atoms with E-state index in [1.165, 1.54) is 15.9 Å². The number of aromatic nitrogens is 2. The Balaban J connectivity index is 1.96. The second kappa shape index (κ2) is 5.73. The molecule has 0 spiro atoms. The van der Waals surface area contributed by atoms with Gasteiger partial charge in [-0.3, -0.25) is 14.6 Å². The first-order valence-electron chi connectivity index (χ1n) is 6.84. The summed E-state index contributed by atoms with van der Waals surface area (Å²) >= 11 is 1.47. The van der Waals surface area contributed by atoms with Crippen LogP contribution < -0.4 is 10.9 Å². The molecule has 6 heteroatoms. The Labute approximate surface area is 131 Å². The fourth-order valence-electron chi connectivity index (χ4n) is 2.37. The SMILES string of the molecule is Cc1sc2ccn(C)c(=O)c2c1C(=O)NCc1cccnc1. The van der Waals surface area contributed by atoms with Crippen LogP contribution in [0.4, 0.5) is 0 Å². The number of aryl methyl sites for hydroxylation is 2. The van der Waals surface area contributed by atoms with Gasteiger partial charge in [-0.25, -0.2) is 0 Å². The molecule has 3 aromatic rings. The Morgan fingerprint density at radius 1 is 1.41 bits per heavy atom. The van der Waals surface area contributed by atoms with Crippen LogP contribution in [0.2, 0.25) is 0 Å². The van der Waals surface area contributed by atoms with Crippen LogP contribution in [0.1, 0.15) is 20.8 Å². The molecule has 1 amide bonds. The minimum Gasteiger partial charge on any atom is -0.348 e. The van der Waals surface area contributed by atoms with Crippen molar-refractivity contribution < 1.29 is 4.79 Å². The number of nitrogens with zero attached hydrogens (tertiary/aromatic N) is 2. The van der Waals surface area contributed by atoms with E-state index in [-0.39, 0.29) is 11.5 Å². The lowest BCUT2D eigenvalue weighted by Gasteiger charge is -2.05. The van der Waals surface area contributed by atoms with Gasteiger partial charge >= 0.3 is 0 Å². The molecular formula is C16H15N3O2S. The van der Waals surface area contributed by atoms with Crippen molar-refractivity contribution in [1.29, 1.82) is 0 Å². The standard InChI is InChI=1S/C16H15N3O2S/c1-10-13(14-12(22-10)5-7-19(2)16(14)21)15(20)18-9-11-4-3-6-17-8-11/h3-8H,9H2,1-2H3,(H,18,20). The minimum absolute atomic E-state index is 0.145. The minimum atomic E-state index is -0.226. The molecule has 112 valence electrons. The highest BCUT2D eigenvalue weighted by atomic mass is 32.1. The van der Waals surface area contributed by atoms with Crippen molar-refractivity contribution in [2.75, 3.05) is 0 Å². The molecule has 0 aliphatic carbocycles. The Kier molecular flexibility index (Phi) is 3.77. The molecule has 0 atom stereocenters. The van der Waals surface area contributed by atoms with Crippen molar-refractivity contribution in [2.24, 2.45) is 7.05 Å². The summed E-state index contributed by atoms with van der Waals surface area (Å²) < 4.78 is 2.33. The molecule has 22 heavy (non-hydrogen) atoms. The predicted octanol–water partition coefficient (Wildman–Crippen LogP) is 2.23. The summed E-state index contributed by atoms with van der Waals surface area (Å²) in [5.74, 6) is -0.226. The molecule has 0 bridgehead atoms. The van der Waals surface area contributed by atoms with Gasteiger partial charge in [-0.15, -0.1) is 11.3 Å². The second-order valence-electron chi connectivity index (χ2n) is 5.05. The van der Waals surface area contributed by atoms with Crippen molar-refractivity contribution >= 4 is 27.3 Å². The lowest BCUT2D eigenvalue weighted by molar-refractivity contribution is 0.0952. The van der Waals surface area contributed by atoms with Crippen LogP contribution in [0.15, 0.2) is 41.6 Å². The fraction of sp³-hybridized carbons (Fsp3) is 0.188. The molecule has 0 saturated heterocycles.